The number of hydrogen-bond donors (Lipinski definition) is 1. The highest BCUT2D eigenvalue weighted by molar-refractivity contribution is 6.29. The minimum atomic E-state index is 0.369. The zero-order valence-electron chi connectivity index (χ0n) is 10.8. The summed E-state index contributed by atoms with van der Waals surface area (Å²) in [6.45, 7) is 4.57. The molecule has 3 unspecified atom stereocenters. The number of hydrogen-bond acceptors (Lipinski definition) is 3. The van der Waals surface area contributed by atoms with Crippen LogP contribution in [0.3, 0.4) is 0 Å². The molecule has 0 radical (unpaired) electrons. The predicted molar refractivity (Wildman–Crippen MR) is 73.6 cm³/mol. The Bertz CT molecular complexity index is 467. The first-order valence-electron chi connectivity index (χ1n) is 6.44. The summed E-state index contributed by atoms with van der Waals surface area (Å²) in [5.74, 6) is 2.06. The molecular formula is C14H18ClN3. The minimum absolute atomic E-state index is 0.369. The van der Waals surface area contributed by atoms with E-state index in [1.807, 2.05) is 0 Å². The second-order valence-electron chi connectivity index (χ2n) is 5.19. The zero-order chi connectivity index (χ0) is 13.1. The summed E-state index contributed by atoms with van der Waals surface area (Å²) in [5.41, 5.74) is 0.550. The molecule has 4 heteroatoms. The van der Waals surface area contributed by atoms with Gasteiger partial charge >= 0.3 is 0 Å². The van der Waals surface area contributed by atoms with Gasteiger partial charge in [0.05, 0.1) is 11.6 Å². The van der Waals surface area contributed by atoms with Gasteiger partial charge in [0.2, 0.25) is 0 Å². The van der Waals surface area contributed by atoms with Crippen LogP contribution in [0.4, 0.5) is 5.82 Å². The maximum Gasteiger partial charge on any atom is 0.132 e. The van der Waals surface area contributed by atoms with E-state index in [1.54, 1.807) is 12.1 Å². The molecule has 3 atom stereocenters. The van der Waals surface area contributed by atoms with Gasteiger partial charge in [-0.1, -0.05) is 38.3 Å². The van der Waals surface area contributed by atoms with Crippen molar-refractivity contribution in [2.24, 2.45) is 11.8 Å². The van der Waals surface area contributed by atoms with Crippen LogP contribution >= 0.6 is 11.6 Å². The van der Waals surface area contributed by atoms with Gasteiger partial charge in [0.1, 0.15) is 11.0 Å². The number of nitriles is 1. The van der Waals surface area contributed by atoms with E-state index < -0.39 is 0 Å². The first-order valence-corrected chi connectivity index (χ1v) is 6.82. The van der Waals surface area contributed by atoms with Crippen LogP contribution in [0, 0.1) is 23.2 Å². The highest BCUT2D eigenvalue weighted by Gasteiger charge is 2.27. The van der Waals surface area contributed by atoms with E-state index >= 15 is 0 Å². The summed E-state index contributed by atoms with van der Waals surface area (Å²) in [6, 6.07) is 5.87. The Labute approximate surface area is 113 Å². The van der Waals surface area contributed by atoms with Crippen LogP contribution in [-0.4, -0.2) is 11.0 Å². The summed E-state index contributed by atoms with van der Waals surface area (Å²) >= 11 is 5.91. The maximum absolute atomic E-state index is 8.92. The molecule has 2 rings (SSSR count). The van der Waals surface area contributed by atoms with Crippen LogP contribution in [0.15, 0.2) is 12.1 Å². The number of aromatic nitrogens is 1. The standard InChI is InChI=1S/C14H18ClN3/c1-9-4-3-5-12(10(9)2)17-14-7-11(8-16)6-13(15)18-14/h6-7,9-10,12H,3-5H2,1-2H3,(H,17,18). The summed E-state index contributed by atoms with van der Waals surface area (Å²) < 4.78 is 0. The third kappa shape index (κ3) is 2.94. The molecule has 0 aromatic carbocycles. The van der Waals surface area contributed by atoms with Crippen molar-refractivity contribution in [3.63, 3.8) is 0 Å². The molecule has 0 bridgehead atoms. The van der Waals surface area contributed by atoms with Gasteiger partial charge in [0.15, 0.2) is 0 Å². The molecular weight excluding hydrogens is 246 g/mol. The lowest BCUT2D eigenvalue weighted by molar-refractivity contribution is 0.253. The number of nitrogens with zero attached hydrogens (tertiary/aromatic N) is 2. The summed E-state index contributed by atoms with van der Waals surface area (Å²) in [6.07, 6.45) is 3.70. The zero-order valence-corrected chi connectivity index (χ0v) is 11.5. The normalized spacial score (nSPS) is 27.6. The Morgan fingerprint density at radius 3 is 2.89 bits per heavy atom. The fraction of sp³-hybridized carbons (Fsp3) is 0.571. The fourth-order valence-electron chi connectivity index (χ4n) is 2.61. The predicted octanol–water partition coefficient (Wildman–Crippen LogP) is 3.84. The number of pyridine rings is 1. The third-order valence-electron chi connectivity index (χ3n) is 3.96. The first kappa shape index (κ1) is 13.2. The van der Waals surface area contributed by atoms with E-state index in [4.69, 9.17) is 16.9 Å². The summed E-state index contributed by atoms with van der Waals surface area (Å²) in [5, 5.41) is 12.7. The lowest BCUT2D eigenvalue weighted by Crippen LogP contribution is -2.35. The molecule has 0 saturated heterocycles. The number of halogens is 1. The minimum Gasteiger partial charge on any atom is -0.367 e. The fourth-order valence-corrected chi connectivity index (χ4v) is 2.82. The molecule has 0 amide bonds. The Morgan fingerprint density at radius 2 is 2.17 bits per heavy atom. The van der Waals surface area contributed by atoms with Gasteiger partial charge in [-0.15, -0.1) is 0 Å². The van der Waals surface area contributed by atoms with Crippen molar-refractivity contribution < 1.29 is 0 Å². The van der Waals surface area contributed by atoms with E-state index in [9.17, 15) is 0 Å². The van der Waals surface area contributed by atoms with Crippen LogP contribution in [0.2, 0.25) is 5.15 Å². The second-order valence-corrected chi connectivity index (χ2v) is 5.58. The average molecular weight is 264 g/mol. The average Bonchev–Trinajstić information content (AvgIpc) is 2.34. The van der Waals surface area contributed by atoms with Gasteiger partial charge in [0.25, 0.3) is 0 Å². The highest BCUT2D eigenvalue weighted by Crippen LogP contribution is 2.31. The van der Waals surface area contributed by atoms with Crippen molar-refractivity contribution in [2.45, 2.75) is 39.2 Å². The van der Waals surface area contributed by atoms with Crippen molar-refractivity contribution >= 4 is 17.4 Å². The van der Waals surface area contributed by atoms with Crippen molar-refractivity contribution in [1.82, 2.24) is 4.98 Å². The molecule has 1 saturated carbocycles. The quantitative estimate of drug-likeness (QED) is 0.825. The first-order chi connectivity index (χ1) is 8.60. The van der Waals surface area contributed by atoms with Crippen LogP contribution in [0.25, 0.3) is 0 Å². The van der Waals surface area contributed by atoms with E-state index in [1.165, 1.54) is 12.8 Å². The molecule has 3 nitrogen and oxygen atoms in total. The molecule has 1 aliphatic carbocycles. The molecule has 0 spiro atoms. The molecule has 1 aromatic heterocycles. The van der Waals surface area contributed by atoms with Crippen molar-refractivity contribution in [1.29, 1.82) is 5.26 Å². The van der Waals surface area contributed by atoms with E-state index in [2.05, 4.69) is 30.2 Å². The monoisotopic (exact) mass is 263 g/mol. The third-order valence-corrected chi connectivity index (χ3v) is 4.16. The van der Waals surface area contributed by atoms with Gasteiger partial charge in [-0.25, -0.2) is 4.98 Å². The number of rotatable bonds is 2. The number of nitrogens with one attached hydrogen (secondary N) is 1. The van der Waals surface area contributed by atoms with Gasteiger partial charge in [-0.05, 0) is 30.4 Å². The van der Waals surface area contributed by atoms with Crippen LogP contribution in [0.5, 0.6) is 0 Å². The topological polar surface area (TPSA) is 48.7 Å². The molecule has 96 valence electrons. The van der Waals surface area contributed by atoms with Gasteiger partial charge < -0.3 is 5.32 Å². The molecule has 18 heavy (non-hydrogen) atoms. The van der Waals surface area contributed by atoms with Crippen LogP contribution in [-0.2, 0) is 0 Å². The van der Waals surface area contributed by atoms with Crippen molar-refractivity contribution in [3.8, 4) is 6.07 Å². The van der Waals surface area contributed by atoms with E-state index in [0.717, 1.165) is 12.3 Å². The largest absolute Gasteiger partial charge is 0.367 e. The van der Waals surface area contributed by atoms with Gasteiger partial charge in [-0.3, -0.25) is 0 Å². The smallest absolute Gasteiger partial charge is 0.132 e. The maximum atomic E-state index is 8.92. The number of anilines is 1. The molecule has 1 heterocycles. The molecule has 1 fully saturated rings. The summed E-state index contributed by atoms with van der Waals surface area (Å²) in [4.78, 5) is 4.24. The van der Waals surface area contributed by atoms with E-state index in [0.29, 0.717) is 28.5 Å². The van der Waals surface area contributed by atoms with Crippen LogP contribution < -0.4 is 5.32 Å². The van der Waals surface area contributed by atoms with Gasteiger partial charge in [-0.2, -0.15) is 5.26 Å². The van der Waals surface area contributed by atoms with Crippen molar-refractivity contribution in [3.05, 3.63) is 22.8 Å². The summed E-state index contributed by atoms with van der Waals surface area (Å²) in [7, 11) is 0. The molecule has 0 aliphatic heterocycles. The Hall–Kier alpha value is -1.27. The molecule has 1 aromatic rings. The SMILES string of the molecule is CC1CCCC(Nc2cc(C#N)cc(Cl)n2)C1C. The van der Waals surface area contributed by atoms with E-state index in [-0.39, 0.29) is 0 Å². The van der Waals surface area contributed by atoms with Crippen molar-refractivity contribution in [2.75, 3.05) is 5.32 Å². The Morgan fingerprint density at radius 1 is 1.39 bits per heavy atom. The Kier molecular flexibility index (Phi) is 4.08. The highest BCUT2D eigenvalue weighted by atomic mass is 35.5. The Balaban J connectivity index is 2.13. The lowest BCUT2D eigenvalue weighted by atomic mass is 9.78. The lowest BCUT2D eigenvalue weighted by Gasteiger charge is -2.34. The second kappa shape index (κ2) is 5.58. The molecule has 1 N–H and O–H groups in total. The van der Waals surface area contributed by atoms with Gasteiger partial charge in [0, 0.05) is 6.04 Å². The van der Waals surface area contributed by atoms with Crippen LogP contribution in [0.1, 0.15) is 38.7 Å². The molecule has 1 aliphatic rings.